The van der Waals surface area contributed by atoms with Crippen molar-refractivity contribution >= 4 is 12.0 Å². The van der Waals surface area contributed by atoms with E-state index in [0.29, 0.717) is 13.1 Å². The molecule has 6 nitrogen and oxygen atoms in total. The van der Waals surface area contributed by atoms with Gasteiger partial charge in [-0.3, -0.25) is 4.79 Å². The van der Waals surface area contributed by atoms with Crippen LogP contribution in [0, 0.1) is 0 Å². The van der Waals surface area contributed by atoms with Crippen LogP contribution in [0.1, 0.15) is 46.5 Å². The fraction of sp³-hybridized carbons (Fsp3) is 0.857. The van der Waals surface area contributed by atoms with E-state index in [-0.39, 0.29) is 11.9 Å². The molecule has 0 saturated carbocycles. The van der Waals surface area contributed by atoms with Crippen LogP contribution in [-0.2, 0) is 9.53 Å². The highest BCUT2D eigenvalue weighted by molar-refractivity contribution is 5.81. The molecule has 1 heterocycles. The summed E-state index contributed by atoms with van der Waals surface area (Å²) in [5, 5.41) is 8.76. The number of unbranched alkanes of at least 4 members (excludes halogenated alkanes) is 1. The minimum absolute atomic E-state index is 0.0186. The van der Waals surface area contributed by atoms with Crippen molar-refractivity contribution in [2.24, 2.45) is 0 Å². The molecule has 1 rings (SSSR count). The number of amides is 2. The van der Waals surface area contributed by atoms with Crippen molar-refractivity contribution in [3.05, 3.63) is 0 Å². The number of alkyl carbamates (subject to hydrolysis) is 1. The first-order valence-electron chi connectivity index (χ1n) is 7.36. The fourth-order valence-corrected chi connectivity index (χ4v) is 2.00. The van der Waals surface area contributed by atoms with E-state index in [1.54, 1.807) is 0 Å². The van der Waals surface area contributed by atoms with Crippen LogP contribution in [-0.4, -0.2) is 43.3 Å². The van der Waals surface area contributed by atoms with Gasteiger partial charge in [0, 0.05) is 13.1 Å². The van der Waals surface area contributed by atoms with Gasteiger partial charge in [-0.1, -0.05) is 0 Å². The van der Waals surface area contributed by atoms with Crippen molar-refractivity contribution in [1.82, 2.24) is 16.0 Å². The molecule has 1 aliphatic heterocycles. The molecular weight excluding hydrogens is 258 g/mol. The average molecular weight is 285 g/mol. The third kappa shape index (κ3) is 7.33. The van der Waals surface area contributed by atoms with Crippen LogP contribution in [0.5, 0.6) is 0 Å². The third-order valence-electron chi connectivity index (χ3n) is 2.95. The van der Waals surface area contributed by atoms with Crippen LogP contribution in [0.3, 0.4) is 0 Å². The molecule has 2 amide bonds. The highest BCUT2D eigenvalue weighted by Crippen LogP contribution is 2.06. The van der Waals surface area contributed by atoms with E-state index in [1.807, 2.05) is 20.8 Å². The molecule has 0 aromatic rings. The standard InChI is InChI=1S/C14H27N3O3/c1-14(2,3)20-13(19)17-9-5-4-8-16-12(18)11-7-6-10-15-11/h11,15H,4-10H2,1-3H3,(H,16,18)(H,17,19)/t11-/m0/s1. The summed E-state index contributed by atoms with van der Waals surface area (Å²) in [6.45, 7) is 7.63. The van der Waals surface area contributed by atoms with E-state index in [9.17, 15) is 9.59 Å². The van der Waals surface area contributed by atoms with Crippen molar-refractivity contribution in [3.8, 4) is 0 Å². The Balaban J connectivity index is 1.97. The van der Waals surface area contributed by atoms with Crippen LogP contribution in [0.15, 0.2) is 0 Å². The van der Waals surface area contributed by atoms with Gasteiger partial charge in [0.05, 0.1) is 6.04 Å². The largest absolute Gasteiger partial charge is 0.444 e. The van der Waals surface area contributed by atoms with Crippen LogP contribution in [0.2, 0.25) is 0 Å². The molecule has 1 atom stereocenters. The van der Waals surface area contributed by atoms with Crippen molar-refractivity contribution in [2.75, 3.05) is 19.6 Å². The zero-order chi connectivity index (χ0) is 15.0. The van der Waals surface area contributed by atoms with Gasteiger partial charge in [-0.25, -0.2) is 4.79 Å². The zero-order valence-corrected chi connectivity index (χ0v) is 12.8. The first-order valence-corrected chi connectivity index (χ1v) is 7.36. The van der Waals surface area contributed by atoms with Crippen molar-refractivity contribution in [2.45, 2.75) is 58.1 Å². The molecule has 0 aromatic carbocycles. The van der Waals surface area contributed by atoms with E-state index in [4.69, 9.17) is 4.74 Å². The summed E-state index contributed by atoms with van der Waals surface area (Å²) < 4.78 is 5.12. The quantitative estimate of drug-likeness (QED) is 0.640. The molecule has 0 aromatic heterocycles. The third-order valence-corrected chi connectivity index (χ3v) is 2.95. The number of hydrogen-bond donors (Lipinski definition) is 3. The molecule has 0 unspecified atom stereocenters. The molecule has 0 aliphatic carbocycles. The predicted octanol–water partition coefficient (Wildman–Crippen LogP) is 1.16. The number of hydrogen-bond acceptors (Lipinski definition) is 4. The normalized spacial score (nSPS) is 18.6. The molecule has 20 heavy (non-hydrogen) atoms. The minimum atomic E-state index is -0.466. The van der Waals surface area contributed by atoms with Crippen molar-refractivity contribution in [1.29, 1.82) is 0 Å². The van der Waals surface area contributed by atoms with E-state index in [2.05, 4.69) is 16.0 Å². The van der Waals surface area contributed by atoms with E-state index in [0.717, 1.165) is 32.2 Å². The Hall–Kier alpha value is -1.30. The average Bonchev–Trinajstić information content (AvgIpc) is 2.84. The molecule has 1 aliphatic rings. The first-order chi connectivity index (χ1) is 9.38. The van der Waals surface area contributed by atoms with Gasteiger partial charge in [0.1, 0.15) is 5.60 Å². The van der Waals surface area contributed by atoms with E-state index < -0.39 is 11.7 Å². The van der Waals surface area contributed by atoms with Gasteiger partial charge in [0.25, 0.3) is 0 Å². The minimum Gasteiger partial charge on any atom is -0.444 e. The van der Waals surface area contributed by atoms with Crippen LogP contribution >= 0.6 is 0 Å². The van der Waals surface area contributed by atoms with Gasteiger partial charge in [-0.2, -0.15) is 0 Å². The van der Waals surface area contributed by atoms with Gasteiger partial charge in [0.15, 0.2) is 0 Å². The smallest absolute Gasteiger partial charge is 0.407 e. The summed E-state index contributed by atoms with van der Waals surface area (Å²) in [6, 6.07) is -0.0186. The Morgan fingerprint density at radius 2 is 1.85 bits per heavy atom. The van der Waals surface area contributed by atoms with Crippen LogP contribution in [0.4, 0.5) is 4.79 Å². The number of ether oxygens (including phenoxy) is 1. The van der Waals surface area contributed by atoms with Gasteiger partial charge in [-0.05, 0) is 53.0 Å². The Bertz CT molecular complexity index is 320. The molecule has 1 fully saturated rings. The summed E-state index contributed by atoms with van der Waals surface area (Å²) in [5.41, 5.74) is -0.466. The van der Waals surface area contributed by atoms with Gasteiger partial charge in [-0.15, -0.1) is 0 Å². The van der Waals surface area contributed by atoms with E-state index in [1.165, 1.54) is 0 Å². The molecule has 0 spiro atoms. The van der Waals surface area contributed by atoms with Crippen LogP contribution < -0.4 is 16.0 Å². The summed E-state index contributed by atoms with van der Waals surface area (Å²) in [7, 11) is 0. The predicted molar refractivity (Wildman–Crippen MR) is 77.5 cm³/mol. The Morgan fingerprint density at radius 1 is 1.20 bits per heavy atom. The SMILES string of the molecule is CC(C)(C)OC(=O)NCCCCNC(=O)[C@@H]1CCCN1. The van der Waals surface area contributed by atoms with Crippen molar-refractivity contribution < 1.29 is 14.3 Å². The maximum atomic E-state index is 11.7. The second-order valence-corrected chi connectivity index (χ2v) is 6.08. The first kappa shape index (κ1) is 16.8. The van der Waals surface area contributed by atoms with Gasteiger partial charge < -0.3 is 20.7 Å². The second kappa shape index (κ2) is 8.09. The lowest BCUT2D eigenvalue weighted by Crippen LogP contribution is -2.40. The number of nitrogens with one attached hydrogen (secondary N) is 3. The van der Waals surface area contributed by atoms with E-state index >= 15 is 0 Å². The monoisotopic (exact) mass is 285 g/mol. The summed E-state index contributed by atoms with van der Waals surface area (Å²) >= 11 is 0. The number of rotatable bonds is 6. The molecule has 116 valence electrons. The number of carbonyl (C=O) groups is 2. The Kier molecular flexibility index (Phi) is 6.78. The molecule has 0 bridgehead atoms. The highest BCUT2D eigenvalue weighted by atomic mass is 16.6. The zero-order valence-electron chi connectivity index (χ0n) is 12.8. The maximum absolute atomic E-state index is 11.7. The fourth-order valence-electron chi connectivity index (χ4n) is 2.00. The summed E-state index contributed by atoms with van der Waals surface area (Å²) in [6.07, 6.45) is 3.26. The summed E-state index contributed by atoms with van der Waals surface area (Å²) in [5.74, 6) is 0.0857. The molecule has 0 radical (unpaired) electrons. The van der Waals surface area contributed by atoms with Gasteiger partial charge in [0.2, 0.25) is 5.91 Å². The lowest BCUT2D eigenvalue weighted by Gasteiger charge is -2.19. The van der Waals surface area contributed by atoms with Crippen molar-refractivity contribution in [3.63, 3.8) is 0 Å². The maximum Gasteiger partial charge on any atom is 0.407 e. The topological polar surface area (TPSA) is 79.5 Å². The lowest BCUT2D eigenvalue weighted by atomic mass is 10.2. The molecular formula is C14H27N3O3. The highest BCUT2D eigenvalue weighted by Gasteiger charge is 2.21. The second-order valence-electron chi connectivity index (χ2n) is 6.08. The van der Waals surface area contributed by atoms with Gasteiger partial charge >= 0.3 is 6.09 Å². The van der Waals surface area contributed by atoms with Crippen LogP contribution in [0.25, 0.3) is 0 Å². The summed E-state index contributed by atoms with van der Waals surface area (Å²) in [4.78, 5) is 23.0. The molecule has 1 saturated heterocycles. The molecule has 6 heteroatoms. The number of carbonyl (C=O) groups excluding carboxylic acids is 2. The lowest BCUT2D eigenvalue weighted by molar-refractivity contribution is -0.122. The Labute approximate surface area is 121 Å². The molecule has 3 N–H and O–H groups in total. The Morgan fingerprint density at radius 3 is 2.40 bits per heavy atom.